The average molecular weight is 259 g/mol. The zero-order chi connectivity index (χ0) is 13.8. The Morgan fingerprint density at radius 1 is 1.32 bits per heavy atom. The number of aromatic amines is 1. The average Bonchev–Trinajstić information content (AvgIpc) is 2.75. The van der Waals surface area contributed by atoms with Gasteiger partial charge in [-0.2, -0.15) is 5.10 Å². The molecule has 0 bridgehead atoms. The van der Waals surface area contributed by atoms with E-state index in [9.17, 15) is 0 Å². The Kier molecular flexibility index (Phi) is 4.22. The molecule has 0 aliphatic rings. The van der Waals surface area contributed by atoms with Crippen LogP contribution in [0.2, 0.25) is 0 Å². The third-order valence-corrected chi connectivity index (χ3v) is 3.47. The smallest absolute Gasteiger partial charge is 0.123 e. The number of aryl methyl sites for hydroxylation is 2. The van der Waals surface area contributed by atoms with E-state index in [2.05, 4.69) is 28.5 Å². The van der Waals surface area contributed by atoms with Gasteiger partial charge in [-0.25, -0.2) is 0 Å². The molecule has 0 amide bonds. The van der Waals surface area contributed by atoms with Crippen LogP contribution in [0.15, 0.2) is 24.3 Å². The van der Waals surface area contributed by atoms with Crippen LogP contribution in [0.25, 0.3) is 0 Å². The highest BCUT2D eigenvalue weighted by molar-refractivity contribution is 5.35. The number of ether oxygens (including phenoxy) is 1. The molecule has 2 aromatic rings. The van der Waals surface area contributed by atoms with Crippen molar-refractivity contribution >= 4 is 0 Å². The monoisotopic (exact) mass is 259 g/mol. The lowest BCUT2D eigenvalue weighted by atomic mass is 10.1. The second kappa shape index (κ2) is 5.89. The molecular formula is C15H21N3O. The first-order valence-electron chi connectivity index (χ1n) is 6.50. The van der Waals surface area contributed by atoms with Crippen molar-refractivity contribution in [3.05, 3.63) is 46.8 Å². The van der Waals surface area contributed by atoms with Crippen molar-refractivity contribution in [2.45, 2.75) is 33.4 Å². The molecule has 0 saturated carbocycles. The van der Waals surface area contributed by atoms with Crippen molar-refractivity contribution in [3.63, 3.8) is 0 Å². The van der Waals surface area contributed by atoms with E-state index in [1.54, 1.807) is 7.11 Å². The first-order valence-corrected chi connectivity index (χ1v) is 6.50. The molecule has 1 heterocycles. The van der Waals surface area contributed by atoms with Gasteiger partial charge in [0.15, 0.2) is 0 Å². The molecule has 2 rings (SSSR count). The molecule has 1 aromatic carbocycles. The zero-order valence-corrected chi connectivity index (χ0v) is 11.9. The minimum Gasteiger partial charge on any atom is -0.496 e. The summed E-state index contributed by atoms with van der Waals surface area (Å²) in [5, 5.41) is 10.7. The van der Waals surface area contributed by atoms with Crippen LogP contribution in [0.5, 0.6) is 5.75 Å². The highest BCUT2D eigenvalue weighted by atomic mass is 16.5. The SMILES string of the molecule is COc1ccccc1[C@H](C)NCc1c(C)n[nH]c1C. The molecule has 0 fully saturated rings. The van der Waals surface area contributed by atoms with Gasteiger partial charge in [-0.05, 0) is 26.8 Å². The fraction of sp³-hybridized carbons (Fsp3) is 0.400. The third-order valence-electron chi connectivity index (χ3n) is 3.47. The quantitative estimate of drug-likeness (QED) is 0.868. The second-order valence-corrected chi connectivity index (χ2v) is 4.76. The van der Waals surface area contributed by atoms with E-state index in [0.29, 0.717) is 0 Å². The Morgan fingerprint density at radius 2 is 2.05 bits per heavy atom. The van der Waals surface area contributed by atoms with Gasteiger partial charge < -0.3 is 10.1 Å². The molecule has 2 N–H and O–H groups in total. The minimum absolute atomic E-state index is 0.227. The van der Waals surface area contributed by atoms with Crippen LogP contribution in [-0.2, 0) is 6.54 Å². The molecule has 1 atom stereocenters. The summed E-state index contributed by atoms with van der Waals surface area (Å²) in [6.45, 7) is 7.01. The van der Waals surface area contributed by atoms with Crippen molar-refractivity contribution < 1.29 is 4.74 Å². The molecule has 19 heavy (non-hydrogen) atoms. The molecule has 0 spiro atoms. The molecule has 0 aliphatic carbocycles. The van der Waals surface area contributed by atoms with E-state index in [0.717, 1.165) is 23.7 Å². The van der Waals surface area contributed by atoms with Crippen molar-refractivity contribution in [1.29, 1.82) is 0 Å². The van der Waals surface area contributed by atoms with Crippen LogP contribution < -0.4 is 10.1 Å². The van der Waals surface area contributed by atoms with Crippen molar-refractivity contribution in [1.82, 2.24) is 15.5 Å². The summed E-state index contributed by atoms with van der Waals surface area (Å²) in [5.74, 6) is 0.920. The predicted molar refractivity (Wildman–Crippen MR) is 76.3 cm³/mol. The Bertz CT molecular complexity index is 529. The van der Waals surface area contributed by atoms with E-state index in [-0.39, 0.29) is 6.04 Å². The molecule has 0 aliphatic heterocycles. The summed E-state index contributed by atoms with van der Waals surface area (Å²) >= 11 is 0. The summed E-state index contributed by atoms with van der Waals surface area (Å²) in [4.78, 5) is 0. The molecule has 4 nitrogen and oxygen atoms in total. The Hall–Kier alpha value is -1.81. The standard InChI is InChI=1S/C15H21N3O/c1-10(13-7-5-6-8-15(13)19-4)16-9-14-11(2)17-18-12(14)3/h5-8,10,16H,9H2,1-4H3,(H,17,18)/t10-/m0/s1. The van der Waals surface area contributed by atoms with Crippen LogP contribution in [0.4, 0.5) is 0 Å². The van der Waals surface area contributed by atoms with Crippen LogP contribution in [-0.4, -0.2) is 17.3 Å². The molecule has 102 valence electrons. The second-order valence-electron chi connectivity index (χ2n) is 4.76. The predicted octanol–water partition coefficient (Wildman–Crippen LogP) is 2.89. The van der Waals surface area contributed by atoms with Gasteiger partial charge in [0.1, 0.15) is 5.75 Å². The van der Waals surface area contributed by atoms with Crippen molar-refractivity contribution in [2.75, 3.05) is 7.11 Å². The Morgan fingerprint density at radius 3 is 2.68 bits per heavy atom. The van der Waals surface area contributed by atoms with E-state index in [4.69, 9.17) is 4.74 Å². The van der Waals surface area contributed by atoms with Gasteiger partial charge in [-0.15, -0.1) is 0 Å². The first-order chi connectivity index (χ1) is 9.13. The van der Waals surface area contributed by atoms with Gasteiger partial charge in [0.05, 0.1) is 12.8 Å². The fourth-order valence-electron chi connectivity index (χ4n) is 2.22. The van der Waals surface area contributed by atoms with Gasteiger partial charge >= 0.3 is 0 Å². The maximum atomic E-state index is 5.39. The third kappa shape index (κ3) is 2.96. The maximum absolute atomic E-state index is 5.39. The summed E-state index contributed by atoms with van der Waals surface area (Å²) in [6.07, 6.45) is 0. The minimum atomic E-state index is 0.227. The number of methoxy groups -OCH3 is 1. The summed E-state index contributed by atoms with van der Waals surface area (Å²) in [6, 6.07) is 8.32. The lowest BCUT2D eigenvalue weighted by Crippen LogP contribution is -2.19. The lowest BCUT2D eigenvalue weighted by molar-refractivity contribution is 0.401. The highest BCUT2D eigenvalue weighted by Gasteiger charge is 2.12. The van der Waals surface area contributed by atoms with E-state index in [1.165, 1.54) is 11.1 Å². The Balaban J connectivity index is 2.07. The molecule has 1 aromatic heterocycles. The molecule has 0 unspecified atom stereocenters. The van der Waals surface area contributed by atoms with Gasteiger partial charge in [0.2, 0.25) is 0 Å². The first kappa shape index (κ1) is 13.6. The largest absolute Gasteiger partial charge is 0.496 e. The number of H-pyrrole nitrogens is 1. The number of para-hydroxylation sites is 1. The normalized spacial score (nSPS) is 12.4. The number of nitrogens with zero attached hydrogens (tertiary/aromatic N) is 1. The highest BCUT2D eigenvalue weighted by Crippen LogP contribution is 2.24. The molecular weight excluding hydrogens is 238 g/mol. The number of aromatic nitrogens is 2. The number of nitrogens with one attached hydrogen (secondary N) is 2. The number of rotatable bonds is 5. The molecule has 4 heteroatoms. The number of benzene rings is 1. The maximum Gasteiger partial charge on any atom is 0.123 e. The zero-order valence-electron chi connectivity index (χ0n) is 11.9. The summed E-state index contributed by atoms with van der Waals surface area (Å²) < 4.78 is 5.39. The van der Waals surface area contributed by atoms with Gasteiger partial charge in [0, 0.05) is 29.4 Å². The van der Waals surface area contributed by atoms with Gasteiger partial charge in [-0.3, -0.25) is 5.10 Å². The summed E-state index contributed by atoms with van der Waals surface area (Å²) in [7, 11) is 1.70. The van der Waals surface area contributed by atoms with Gasteiger partial charge in [-0.1, -0.05) is 18.2 Å². The number of hydrogen-bond acceptors (Lipinski definition) is 3. The van der Waals surface area contributed by atoms with E-state index >= 15 is 0 Å². The van der Waals surface area contributed by atoms with Crippen molar-refractivity contribution in [2.24, 2.45) is 0 Å². The van der Waals surface area contributed by atoms with Crippen LogP contribution in [0.3, 0.4) is 0 Å². The summed E-state index contributed by atoms with van der Waals surface area (Å²) in [5.41, 5.74) is 4.58. The Labute approximate surface area is 114 Å². The fourth-order valence-corrected chi connectivity index (χ4v) is 2.22. The van der Waals surface area contributed by atoms with Crippen LogP contribution in [0, 0.1) is 13.8 Å². The molecule has 0 saturated heterocycles. The van der Waals surface area contributed by atoms with E-state index in [1.807, 2.05) is 32.0 Å². The molecule has 0 radical (unpaired) electrons. The van der Waals surface area contributed by atoms with Crippen molar-refractivity contribution in [3.8, 4) is 5.75 Å². The van der Waals surface area contributed by atoms with Gasteiger partial charge in [0.25, 0.3) is 0 Å². The van der Waals surface area contributed by atoms with E-state index < -0.39 is 0 Å². The van der Waals surface area contributed by atoms with Crippen LogP contribution in [0.1, 0.15) is 35.5 Å². The number of hydrogen-bond donors (Lipinski definition) is 2. The topological polar surface area (TPSA) is 49.9 Å². The lowest BCUT2D eigenvalue weighted by Gasteiger charge is -2.17. The van der Waals surface area contributed by atoms with Crippen LogP contribution >= 0.6 is 0 Å².